The normalized spacial score (nSPS) is 19.5. The summed E-state index contributed by atoms with van der Waals surface area (Å²) >= 11 is 0. The summed E-state index contributed by atoms with van der Waals surface area (Å²) in [6.07, 6.45) is 6.68. The highest BCUT2D eigenvalue weighted by atomic mass is 16.5. The molecule has 202 valence electrons. The molecule has 2 N–H and O–H groups in total. The van der Waals surface area contributed by atoms with Gasteiger partial charge in [0.05, 0.1) is 13.8 Å². The first kappa shape index (κ1) is 25.9. The first-order valence-corrected chi connectivity index (χ1v) is 13.6. The number of carbonyl (C=O) groups excluding carboxylic acids is 3. The van der Waals surface area contributed by atoms with E-state index in [1.807, 2.05) is 41.3 Å². The molecule has 0 atom stereocenters. The van der Waals surface area contributed by atoms with Gasteiger partial charge in [-0.1, -0.05) is 43.5 Å². The van der Waals surface area contributed by atoms with Gasteiger partial charge in [-0.25, -0.2) is 4.79 Å². The van der Waals surface area contributed by atoms with Gasteiger partial charge >= 0.3 is 6.03 Å². The van der Waals surface area contributed by atoms with Gasteiger partial charge in [-0.3, -0.25) is 9.59 Å². The van der Waals surface area contributed by atoms with E-state index in [9.17, 15) is 14.4 Å². The van der Waals surface area contributed by atoms with Crippen LogP contribution in [0.5, 0.6) is 5.75 Å². The zero-order chi connectivity index (χ0) is 26.5. The van der Waals surface area contributed by atoms with Gasteiger partial charge in [-0.15, -0.1) is 0 Å². The standard InChI is InChI=1S/C29H37N5O4/c1-38-25-14-8-11-23(19-25)30-26(35)20-33-21-34(24-12-6-3-7-13-24)29(27(33)36)15-17-32(18-16-29)28(37)31-22-9-4-2-5-10-22/h3,6-8,11-14,19,22H,2,4-5,9-10,15-18,20-21H2,1H3,(H,30,35)(H,31,37). The molecular formula is C29H37N5O4. The molecule has 0 aromatic heterocycles. The Kier molecular flexibility index (Phi) is 7.72. The van der Waals surface area contributed by atoms with Crippen LogP contribution in [0.3, 0.4) is 0 Å². The van der Waals surface area contributed by atoms with Crippen LogP contribution in [0.2, 0.25) is 0 Å². The molecule has 3 fully saturated rings. The maximum Gasteiger partial charge on any atom is 0.317 e. The average Bonchev–Trinajstić information content (AvgIpc) is 3.20. The SMILES string of the molecule is COc1cccc(NC(=O)CN2CN(c3ccccc3)C3(CCN(C(=O)NC4CCCCC4)CC3)C2=O)c1. The van der Waals surface area contributed by atoms with E-state index < -0.39 is 5.54 Å². The van der Waals surface area contributed by atoms with Crippen LogP contribution in [0.1, 0.15) is 44.9 Å². The topological polar surface area (TPSA) is 94.2 Å². The number of ether oxygens (including phenoxy) is 1. The number of methoxy groups -OCH3 is 1. The van der Waals surface area contributed by atoms with Gasteiger partial charge in [0, 0.05) is 36.6 Å². The summed E-state index contributed by atoms with van der Waals surface area (Å²) in [5, 5.41) is 6.08. The fourth-order valence-electron chi connectivity index (χ4n) is 5.99. The third-order valence-electron chi connectivity index (χ3n) is 8.08. The number of anilines is 2. The van der Waals surface area contributed by atoms with Gasteiger partial charge in [0.2, 0.25) is 5.91 Å². The van der Waals surface area contributed by atoms with E-state index in [-0.39, 0.29) is 30.4 Å². The molecule has 2 heterocycles. The van der Waals surface area contributed by atoms with Crippen LogP contribution in [-0.2, 0) is 9.59 Å². The van der Waals surface area contributed by atoms with Gasteiger partial charge in [0.25, 0.3) is 5.91 Å². The van der Waals surface area contributed by atoms with E-state index in [2.05, 4.69) is 15.5 Å². The Morgan fingerprint density at radius 2 is 1.74 bits per heavy atom. The fraction of sp³-hybridized carbons (Fsp3) is 0.483. The lowest BCUT2D eigenvalue weighted by molar-refractivity contribution is -0.136. The highest BCUT2D eigenvalue weighted by Gasteiger charge is 2.54. The molecule has 1 saturated carbocycles. The lowest BCUT2D eigenvalue weighted by atomic mass is 9.85. The van der Waals surface area contributed by atoms with Gasteiger partial charge in [-0.2, -0.15) is 0 Å². The summed E-state index contributed by atoms with van der Waals surface area (Å²) in [5.41, 5.74) is 0.781. The number of para-hydroxylation sites is 1. The minimum atomic E-state index is -0.779. The Morgan fingerprint density at radius 1 is 1.00 bits per heavy atom. The molecule has 38 heavy (non-hydrogen) atoms. The number of nitrogens with one attached hydrogen (secondary N) is 2. The molecule has 3 aliphatic rings. The molecule has 2 saturated heterocycles. The van der Waals surface area contributed by atoms with Crippen LogP contribution >= 0.6 is 0 Å². The predicted molar refractivity (Wildman–Crippen MR) is 146 cm³/mol. The van der Waals surface area contributed by atoms with Crippen LogP contribution in [0.4, 0.5) is 16.2 Å². The Morgan fingerprint density at radius 3 is 2.45 bits per heavy atom. The molecular weight excluding hydrogens is 482 g/mol. The molecule has 2 aromatic rings. The highest BCUT2D eigenvalue weighted by Crippen LogP contribution is 2.39. The summed E-state index contributed by atoms with van der Waals surface area (Å²) in [4.78, 5) is 45.4. The number of likely N-dealkylation sites (tertiary alicyclic amines) is 1. The fourth-order valence-corrected chi connectivity index (χ4v) is 5.99. The molecule has 1 aliphatic carbocycles. The van der Waals surface area contributed by atoms with Gasteiger partial charge in [0.15, 0.2) is 0 Å². The van der Waals surface area contributed by atoms with Crippen LogP contribution in [0.15, 0.2) is 54.6 Å². The number of hydrogen-bond acceptors (Lipinski definition) is 5. The summed E-state index contributed by atoms with van der Waals surface area (Å²) in [6, 6.07) is 17.2. The first-order valence-electron chi connectivity index (χ1n) is 13.6. The van der Waals surface area contributed by atoms with Gasteiger partial charge in [-0.05, 0) is 49.9 Å². The van der Waals surface area contributed by atoms with E-state index in [1.54, 1.807) is 30.2 Å². The lowest BCUT2D eigenvalue weighted by Gasteiger charge is -2.43. The number of rotatable bonds is 6. The second-order valence-electron chi connectivity index (χ2n) is 10.5. The molecule has 9 nitrogen and oxygen atoms in total. The largest absolute Gasteiger partial charge is 0.497 e. The average molecular weight is 520 g/mol. The number of benzene rings is 2. The van der Waals surface area contributed by atoms with Crippen LogP contribution in [0.25, 0.3) is 0 Å². The van der Waals surface area contributed by atoms with Crippen molar-refractivity contribution in [2.75, 3.05) is 43.6 Å². The van der Waals surface area contributed by atoms with Crippen molar-refractivity contribution in [1.82, 2.24) is 15.1 Å². The van der Waals surface area contributed by atoms with Crippen molar-refractivity contribution in [3.63, 3.8) is 0 Å². The monoisotopic (exact) mass is 519 g/mol. The van der Waals surface area contributed by atoms with E-state index >= 15 is 0 Å². The Balaban J connectivity index is 1.28. The lowest BCUT2D eigenvalue weighted by Crippen LogP contribution is -2.59. The summed E-state index contributed by atoms with van der Waals surface area (Å²) in [7, 11) is 1.58. The third-order valence-corrected chi connectivity index (χ3v) is 8.08. The zero-order valence-electron chi connectivity index (χ0n) is 22.0. The molecule has 9 heteroatoms. The van der Waals surface area contributed by atoms with E-state index in [0.717, 1.165) is 31.4 Å². The van der Waals surface area contributed by atoms with Crippen molar-refractivity contribution in [2.45, 2.75) is 56.5 Å². The van der Waals surface area contributed by atoms with Crippen molar-refractivity contribution in [3.05, 3.63) is 54.6 Å². The number of carbonyl (C=O) groups is 3. The molecule has 0 unspecified atom stereocenters. The van der Waals surface area contributed by atoms with Gasteiger partial charge in [0.1, 0.15) is 17.8 Å². The number of nitrogens with zero attached hydrogens (tertiary/aromatic N) is 3. The van der Waals surface area contributed by atoms with Crippen molar-refractivity contribution in [2.24, 2.45) is 0 Å². The Bertz CT molecular complexity index is 1140. The summed E-state index contributed by atoms with van der Waals surface area (Å²) in [5.74, 6) is 0.323. The van der Waals surface area contributed by atoms with E-state index in [1.165, 1.54) is 6.42 Å². The number of urea groups is 1. The highest BCUT2D eigenvalue weighted by molar-refractivity contribution is 5.99. The van der Waals surface area contributed by atoms with Crippen LogP contribution in [-0.4, -0.2) is 72.6 Å². The smallest absolute Gasteiger partial charge is 0.317 e. The van der Waals surface area contributed by atoms with E-state index in [4.69, 9.17) is 4.74 Å². The Labute approximate surface area is 224 Å². The number of amides is 4. The van der Waals surface area contributed by atoms with Crippen molar-refractivity contribution in [1.29, 1.82) is 0 Å². The zero-order valence-corrected chi connectivity index (χ0v) is 22.0. The molecule has 0 bridgehead atoms. The molecule has 2 aliphatic heterocycles. The van der Waals surface area contributed by atoms with Crippen molar-refractivity contribution >= 4 is 29.2 Å². The predicted octanol–water partition coefficient (Wildman–Crippen LogP) is 3.82. The molecule has 0 radical (unpaired) electrons. The second kappa shape index (κ2) is 11.3. The molecule has 2 aromatic carbocycles. The second-order valence-corrected chi connectivity index (χ2v) is 10.5. The maximum absolute atomic E-state index is 13.9. The van der Waals surface area contributed by atoms with Gasteiger partial charge < -0.3 is 30.1 Å². The number of piperidine rings is 1. The minimum absolute atomic E-state index is 0.0296. The van der Waals surface area contributed by atoms with Crippen LogP contribution in [0, 0.1) is 0 Å². The molecule has 4 amide bonds. The van der Waals surface area contributed by atoms with Crippen molar-refractivity contribution < 1.29 is 19.1 Å². The summed E-state index contributed by atoms with van der Waals surface area (Å²) < 4.78 is 5.24. The summed E-state index contributed by atoms with van der Waals surface area (Å²) in [6.45, 7) is 1.27. The maximum atomic E-state index is 13.9. The Hall–Kier alpha value is -3.75. The van der Waals surface area contributed by atoms with E-state index in [0.29, 0.717) is 44.0 Å². The first-order chi connectivity index (χ1) is 18.5. The van der Waals surface area contributed by atoms with Crippen LogP contribution < -0.4 is 20.3 Å². The van der Waals surface area contributed by atoms with Crippen molar-refractivity contribution in [3.8, 4) is 5.75 Å². The quantitative estimate of drug-likeness (QED) is 0.605. The molecule has 5 rings (SSSR count). The number of hydrogen-bond donors (Lipinski definition) is 2. The third kappa shape index (κ3) is 5.42. The minimum Gasteiger partial charge on any atom is -0.497 e. The molecule has 1 spiro atoms.